The Morgan fingerprint density at radius 1 is 1.47 bits per heavy atom. The van der Waals surface area contributed by atoms with Crippen molar-refractivity contribution < 1.29 is 9.90 Å². The van der Waals surface area contributed by atoms with Crippen LogP contribution in [0, 0.1) is 5.92 Å². The van der Waals surface area contributed by atoms with Gasteiger partial charge in [-0.1, -0.05) is 18.4 Å². The molecule has 1 aliphatic carbocycles. The van der Waals surface area contributed by atoms with Gasteiger partial charge in [-0.2, -0.15) is 0 Å². The lowest BCUT2D eigenvalue weighted by Crippen LogP contribution is -2.26. The highest BCUT2D eigenvalue weighted by atomic mass is 16.4. The lowest BCUT2D eigenvalue weighted by molar-refractivity contribution is -0.131. The lowest BCUT2D eigenvalue weighted by Gasteiger charge is -2.20. The third-order valence-electron chi connectivity index (χ3n) is 2.93. The number of carboxylic acid groups (broad SMARTS) is 1. The van der Waals surface area contributed by atoms with Gasteiger partial charge in [-0.25, -0.2) is 4.79 Å². The van der Waals surface area contributed by atoms with Crippen LogP contribution in [0.4, 0.5) is 0 Å². The fourth-order valence-corrected chi connectivity index (χ4v) is 2.38. The topological polar surface area (TPSA) is 40.5 Å². The molecular formula is C12H21NO2. The molecule has 0 aromatic carbocycles. The fraction of sp³-hybridized carbons (Fsp3) is 0.750. The Labute approximate surface area is 91.8 Å². The number of carbonyl (C=O) groups is 1. The van der Waals surface area contributed by atoms with Gasteiger partial charge in [-0.15, -0.1) is 0 Å². The van der Waals surface area contributed by atoms with Crippen LogP contribution in [0.3, 0.4) is 0 Å². The van der Waals surface area contributed by atoms with Crippen LogP contribution in [0.5, 0.6) is 0 Å². The van der Waals surface area contributed by atoms with Gasteiger partial charge in [0.1, 0.15) is 0 Å². The molecule has 1 fully saturated rings. The van der Waals surface area contributed by atoms with E-state index in [9.17, 15) is 4.79 Å². The van der Waals surface area contributed by atoms with Crippen molar-refractivity contribution in [1.29, 1.82) is 0 Å². The molecule has 0 bridgehead atoms. The van der Waals surface area contributed by atoms with E-state index < -0.39 is 5.97 Å². The summed E-state index contributed by atoms with van der Waals surface area (Å²) in [5, 5.41) is 8.59. The first kappa shape index (κ1) is 12.2. The van der Waals surface area contributed by atoms with Crippen LogP contribution in [0.2, 0.25) is 0 Å². The molecular weight excluding hydrogens is 190 g/mol. The van der Waals surface area contributed by atoms with Crippen molar-refractivity contribution in [3.8, 4) is 0 Å². The van der Waals surface area contributed by atoms with Crippen LogP contribution < -0.4 is 0 Å². The monoisotopic (exact) mass is 211 g/mol. The van der Waals surface area contributed by atoms with Crippen LogP contribution in [0.15, 0.2) is 11.6 Å². The Morgan fingerprint density at radius 2 is 2.07 bits per heavy atom. The molecule has 3 heteroatoms. The van der Waals surface area contributed by atoms with Crippen LogP contribution >= 0.6 is 0 Å². The first-order valence-corrected chi connectivity index (χ1v) is 5.66. The highest BCUT2D eigenvalue weighted by molar-refractivity contribution is 5.80. The maximum Gasteiger partial charge on any atom is 0.328 e. The highest BCUT2D eigenvalue weighted by Gasteiger charge is 2.16. The molecule has 0 heterocycles. The van der Waals surface area contributed by atoms with Crippen molar-refractivity contribution >= 4 is 5.97 Å². The number of aliphatic carboxylic acids is 1. The predicted molar refractivity (Wildman–Crippen MR) is 60.8 cm³/mol. The van der Waals surface area contributed by atoms with Gasteiger partial charge in [-0.05, 0) is 32.7 Å². The molecule has 0 aromatic rings. The molecule has 1 N–H and O–H groups in total. The molecule has 0 radical (unpaired) electrons. The summed E-state index contributed by atoms with van der Waals surface area (Å²) in [4.78, 5) is 12.7. The largest absolute Gasteiger partial charge is 0.478 e. The number of rotatable bonds is 5. The van der Waals surface area contributed by atoms with Crippen molar-refractivity contribution in [1.82, 2.24) is 4.90 Å². The molecule has 15 heavy (non-hydrogen) atoms. The van der Waals surface area contributed by atoms with E-state index in [1.807, 2.05) is 6.92 Å². The normalized spacial score (nSPS) is 18.7. The predicted octanol–water partition coefficient (Wildman–Crippen LogP) is 2.14. The summed E-state index contributed by atoms with van der Waals surface area (Å²) in [5.74, 6) is -0.0191. The summed E-state index contributed by atoms with van der Waals surface area (Å²) < 4.78 is 0. The minimum atomic E-state index is -0.846. The second-order valence-electron chi connectivity index (χ2n) is 4.68. The van der Waals surface area contributed by atoms with E-state index in [1.165, 1.54) is 31.8 Å². The first-order chi connectivity index (χ1) is 7.08. The second kappa shape index (κ2) is 5.91. The Bertz CT molecular complexity index is 242. The zero-order chi connectivity index (χ0) is 11.3. The molecule has 3 nitrogen and oxygen atoms in total. The van der Waals surface area contributed by atoms with Gasteiger partial charge >= 0.3 is 5.97 Å². The summed E-state index contributed by atoms with van der Waals surface area (Å²) >= 11 is 0. The zero-order valence-corrected chi connectivity index (χ0v) is 9.70. The van der Waals surface area contributed by atoms with Crippen LogP contribution in [0.25, 0.3) is 0 Å². The minimum absolute atomic E-state index is 0.767. The maximum absolute atomic E-state index is 10.4. The standard InChI is InChI=1S/C12H21NO2/c1-10(7-12(14)15)8-13(2)9-11-5-3-4-6-11/h7,11H,3-6,8-9H2,1-2H3,(H,14,15). The molecule has 86 valence electrons. The first-order valence-electron chi connectivity index (χ1n) is 5.66. The van der Waals surface area contributed by atoms with Gasteiger partial charge < -0.3 is 10.0 Å². The molecule has 0 amide bonds. The zero-order valence-electron chi connectivity index (χ0n) is 9.70. The third kappa shape index (κ3) is 4.98. The number of carboxylic acids is 1. The molecule has 0 aliphatic heterocycles. The van der Waals surface area contributed by atoms with E-state index in [1.54, 1.807) is 0 Å². The molecule has 0 spiro atoms. The molecule has 0 unspecified atom stereocenters. The van der Waals surface area contributed by atoms with Gasteiger partial charge in [0.15, 0.2) is 0 Å². The summed E-state index contributed by atoms with van der Waals surface area (Å²) in [6.07, 6.45) is 6.70. The Balaban J connectivity index is 2.28. The minimum Gasteiger partial charge on any atom is -0.478 e. The quantitative estimate of drug-likeness (QED) is 0.708. The number of hydrogen-bond donors (Lipinski definition) is 1. The molecule has 1 aliphatic rings. The van der Waals surface area contributed by atoms with Crippen molar-refractivity contribution in [2.24, 2.45) is 5.92 Å². The molecule has 1 rings (SSSR count). The van der Waals surface area contributed by atoms with E-state index in [0.29, 0.717) is 0 Å². The summed E-state index contributed by atoms with van der Waals surface area (Å²) in [6, 6.07) is 0. The van der Waals surface area contributed by atoms with E-state index in [4.69, 9.17) is 5.11 Å². The smallest absolute Gasteiger partial charge is 0.328 e. The van der Waals surface area contributed by atoms with E-state index in [0.717, 1.165) is 24.6 Å². The van der Waals surface area contributed by atoms with Gasteiger partial charge in [0.25, 0.3) is 0 Å². The Kier molecular flexibility index (Phi) is 4.82. The summed E-state index contributed by atoms with van der Waals surface area (Å²) in [6.45, 7) is 3.74. The molecule has 0 atom stereocenters. The Morgan fingerprint density at radius 3 is 2.60 bits per heavy atom. The lowest BCUT2D eigenvalue weighted by atomic mass is 10.1. The summed E-state index contributed by atoms with van der Waals surface area (Å²) in [5.41, 5.74) is 0.919. The number of hydrogen-bond acceptors (Lipinski definition) is 2. The van der Waals surface area contributed by atoms with Gasteiger partial charge in [0, 0.05) is 19.2 Å². The second-order valence-corrected chi connectivity index (χ2v) is 4.68. The van der Waals surface area contributed by atoms with E-state index in [2.05, 4.69) is 11.9 Å². The van der Waals surface area contributed by atoms with Crippen LogP contribution in [-0.4, -0.2) is 36.1 Å². The van der Waals surface area contributed by atoms with E-state index >= 15 is 0 Å². The van der Waals surface area contributed by atoms with Gasteiger partial charge in [-0.3, -0.25) is 0 Å². The number of nitrogens with zero attached hydrogens (tertiary/aromatic N) is 1. The van der Waals surface area contributed by atoms with Crippen LogP contribution in [-0.2, 0) is 4.79 Å². The summed E-state index contributed by atoms with van der Waals surface area (Å²) in [7, 11) is 2.07. The average molecular weight is 211 g/mol. The van der Waals surface area contributed by atoms with Crippen LogP contribution in [0.1, 0.15) is 32.6 Å². The van der Waals surface area contributed by atoms with Crippen molar-refractivity contribution in [2.45, 2.75) is 32.6 Å². The third-order valence-corrected chi connectivity index (χ3v) is 2.93. The highest BCUT2D eigenvalue weighted by Crippen LogP contribution is 2.25. The van der Waals surface area contributed by atoms with Crippen molar-refractivity contribution in [3.05, 3.63) is 11.6 Å². The van der Waals surface area contributed by atoms with Crippen molar-refractivity contribution in [2.75, 3.05) is 20.1 Å². The SMILES string of the molecule is CC(=CC(=O)O)CN(C)CC1CCCC1. The van der Waals surface area contributed by atoms with E-state index in [-0.39, 0.29) is 0 Å². The maximum atomic E-state index is 10.4. The fourth-order valence-electron chi connectivity index (χ4n) is 2.38. The van der Waals surface area contributed by atoms with Crippen molar-refractivity contribution in [3.63, 3.8) is 0 Å². The Hall–Kier alpha value is -0.830. The average Bonchev–Trinajstić information content (AvgIpc) is 2.53. The number of likely N-dealkylation sites (N-methyl/N-ethyl adjacent to an activating group) is 1. The van der Waals surface area contributed by atoms with Gasteiger partial charge in [0.05, 0.1) is 0 Å². The molecule has 0 saturated heterocycles. The molecule has 1 saturated carbocycles. The molecule has 0 aromatic heterocycles. The van der Waals surface area contributed by atoms with Gasteiger partial charge in [0.2, 0.25) is 0 Å².